The van der Waals surface area contributed by atoms with Crippen LogP contribution in [-0.4, -0.2) is 22.5 Å². The summed E-state index contributed by atoms with van der Waals surface area (Å²) in [6, 6.07) is 17.2. The summed E-state index contributed by atoms with van der Waals surface area (Å²) < 4.78 is 6.10. The van der Waals surface area contributed by atoms with Gasteiger partial charge in [0.1, 0.15) is 5.82 Å². The molecule has 0 unspecified atom stereocenters. The first-order valence-electron chi connectivity index (χ1n) is 9.53. The Morgan fingerprint density at radius 2 is 2.00 bits per heavy atom. The number of halogens is 1. The van der Waals surface area contributed by atoms with Crippen molar-refractivity contribution in [3.05, 3.63) is 82.9 Å². The molecule has 2 atom stereocenters. The van der Waals surface area contributed by atoms with Gasteiger partial charge in [0.25, 0.3) is 0 Å². The van der Waals surface area contributed by atoms with Gasteiger partial charge in [0.2, 0.25) is 5.91 Å². The molecule has 0 saturated heterocycles. The monoisotopic (exact) mass is 407 g/mol. The Kier molecular flexibility index (Phi) is 5.24. The summed E-state index contributed by atoms with van der Waals surface area (Å²) in [5.74, 6) is 1.14. The number of nitrogens with one attached hydrogen (secondary N) is 1. The molecule has 0 bridgehead atoms. The molecular formula is C23H22ClN3O2. The molecule has 1 N–H and O–H groups in total. The molecule has 2 aromatic carbocycles. The molecule has 0 aliphatic heterocycles. The van der Waals surface area contributed by atoms with Gasteiger partial charge in [-0.05, 0) is 44.0 Å². The predicted octanol–water partition coefficient (Wildman–Crippen LogP) is 4.72. The second kappa shape index (κ2) is 7.84. The Morgan fingerprint density at radius 1 is 1.21 bits per heavy atom. The van der Waals surface area contributed by atoms with Gasteiger partial charge in [-0.15, -0.1) is 0 Å². The smallest absolute Gasteiger partial charge is 0.228 e. The van der Waals surface area contributed by atoms with E-state index in [1.807, 2.05) is 44.2 Å². The highest BCUT2D eigenvalue weighted by atomic mass is 35.5. The van der Waals surface area contributed by atoms with Crippen molar-refractivity contribution in [2.45, 2.75) is 25.7 Å². The number of benzene rings is 2. The van der Waals surface area contributed by atoms with Crippen molar-refractivity contribution in [2.75, 3.05) is 11.9 Å². The first-order valence-corrected chi connectivity index (χ1v) is 9.91. The van der Waals surface area contributed by atoms with Crippen molar-refractivity contribution < 1.29 is 9.53 Å². The summed E-state index contributed by atoms with van der Waals surface area (Å²) in [5.41, 5.74) is 2.21. The lowest BCUT2D eigenvalue weighted by Crippen LogP contribution is -2.26. The van der Waals surface area contributed by atoms with Crippen LogP contribution in [0.1, 0.15) is 23.5 Å². The van der Waals surface area contributed by atoms with E-state index in [-0.39, 0.29) is 17.2 Å². The molecule has 5 nitrogen and oxygen atoms in total. The SMILES string of the molecule is Cc1ncc(OC[C@@]2(c3ccccc3)C[C@H]2C(=O)Nc2cccc(Cl)c2)c(C)n1. The van der Waals surface area contributed by atoms with Gasteiger partial charge in [-0.25, -0.2) is 9.97 Å². The summed E-state index contributed by atoms with van der Waals surface area (Å²) >= 11 is 6.04. The van der Waals surface area contributed by atoms with E-state index in [2.05, 4.69) is 27.4 Å². The highest BCUT2D eigenvalue weighted by Crippen LogP contribution is 2.55. The zero-order valence-corrected chi connectivity index (χ0v) is 17.1. The largest absolute Gasteiger partial charge is 0.489 e. The third kappa shape index (κ3) is 4.10. The summed E-state index contributed by atoms with van der Waals surface area (Å²) in [7, 11) is 0. The number of amides is 1. The maximum Gasteiger partial charge on any atom is 0.228 e. The number of anilines is 1. The van der Waals surface area contributed by atoms with E-state index in [1.165, 1.54) is 0 Å². The fourth-order valence-electron chi connectivity index (χ4n) is 3.70. The third-order valence-electron chi connectivity index (χ3n) is 5.37. The molecule has 1 amide bonds. The van der Waals surface area contributed by atoms with Crippen LogP contribution in [0.25, 0.3) is 0 Å². The van der Waals surface area contributed by atoms with Gasteiger partial charge in [-0.2, -0.15) is 0 Å². The van der Waals surface area contributed by atoms with Crippen LogP contribution in [0.3, 0.4) is 0 Å². The maximum absolute atomic E-state index is 13.0. The molecule has 1 heterocycles. The molecule has 148 valence electrons. The summed E-state index contributed by atoms with van der Waals surface area (Å²) in [6.07, 6.45) is 2.41. The first-order chi connectivity index (χ1) is 14.0. The van der Waals surface area contributed by atoms with Crippen LogP contribution in [0.2, 0.25) is 5.02 Å². The van der Waals surface area contributed by atoms with Crippen LogP contribution in [0.15, 0.2) is 60.8 Å². The van der Waals surface area contributed by atoms with Crippen LogP contribution in [0, 0.1) is 19.8 Å². The number of carbonyl (C=O) groups excluding carboxylic acids is 1. The van der Waals surface area contributed by atoms with Crippen molar-refractivity contribution in [1.29, 1.82) is 0 Å². The Labute approximate surface area is 175 Å². The van der Waals surface area contributed by atoms with Crippen molar-refractivity contribution in [3.63, 3.8) is 0 Å². The van der Waals surface area contributed by atoms with E-state index >= 15 is 0 Å². The standard InChI is InChI=1S/C23H22ClN3O2/c1-15-21(13-25-16(2)26-15)29-14-23(17-7-4-3-5-8-17)12-20(23)22(28)27-19-10-6-9-18(24)11-19/h3-11,13,20H,12,14H2,1-2H3,(H,27,28)/t20-,23+/m0/s1. The van der Waals surface area contributed by atoms with E-state index in [9.17, 15) is 4.79 Å². The van der Waals surface area contributed by atoms with Crippen LogP contribution in [0.5, 0.6) is 5.75 Å². The Hall–Kier alpha value is -2.92. The lowest BCUT2D eigenvalue weighted by molar-refractivity contribution is -0.117. The average Bonchev–Trinajstić information content (AvgIpc) is 3.44. The van der Waals surface area contributed by atoms with Gasteiger partial charge in [0.15, 0.2) is 5.75 Å². The number of aromatic nitrogens is 2. The summed E-state index contributed by atoms with van der Waals surface area (Å²) in [5, 5.41) is 3.57. The van der Waals surface area contributed by atoms with Crippen molar-refractivity contribution in [2.24, 2.45) is 5.92 Å². The van der Waals surface area contributed by atoms with Crippen molar-refractivity contribution in [1.82, 2.24) is 9.97 Å². The van der Waals surface area contributed by atoms with Gasteiger partial charge in [0, 0.05) is 16.1 Å². The molecule has 0 radical (unpaired) electrons. The maximum atomic E-state index is 13.0. The normalized spacial score (nSPS) is 20.2. The number of carbonyl (C=O) groups is 1. The van der Waals surface area contributed by atoms with E-state index in [0.717, 1.165) is 17.7 Å². The molecule has 6 heteroatoms. The fraction of sp³-hybridized carbons (Fsp3) is 0.261. The molecule has 0 spiro atoms. The zero-order chi connectivity index (χ0) is 20.4. The molecule has 1 saturated carbocycles. The van der Waals surface area contributed by atoms with Gasteiger partial charge in [-0.3, -0.25) is 4.79 Å². The molecule has 1 aliphatic rings. The lowest BCUT2D eigenvalue weighted by Gasteiger charge is -2.19. The molecule has 3 aromatic rings. The minimum Gasteiger partial charge on any atom is -0.489 e. The van der Waals surface area contributed by atoms with E-state index in [1.54, 1.807) is 18.3 Å². The van der Waals surface area contributed by atoms with Crippen LogP contribution in [0.4, 0.5) is 5.69 Å². The fourth-order valence-corrected chi connectivity index (χ4v) is 3.89. The molecule has 1 fully saturated rings. The van der Waals surface area contributed by atoms with Crippen LogP contribution >= 0.6 is 11.6 Å². The number of nitrogens with zero attached hydrogens (tertiary/aromatic N) is 2. The minimum atomic E-state index is -0.374. The van der Waals surface area contributed by atoms with Crippen LogP contribution < -0.4 is 10.1 Å². The second-order valence-electron chi connectivity index (χ2n) is 7.43. The van der Waals surface area contributed by atoms with Gasteiger partial charge >= 0.3 is 0 Å². The Bertz CT molecular complexity index is 1040. The Balaban J connectivity index is 1.54. The predicted molar refractivity (Wildman–Crippen MR) is 113 cm³/mol. The zero-order valence-electron chi connectivity index (χ0n) is 16.4. The summed E-state index contributed by atoms with van der Waals surface area (Å²) in [6.45, 7) is 4.13. The quantitative estimate of drug-likeness (QED) is 0.642. The van der Waals surface area contributed by atoms with E-state index < -0.39 is 0 Å². The highest BCUT2D eigenvalue weighted by Gasteiger charge is 2.60. The average molecular weight is 408 g/mol. The van der Waals surface area contributed by atoms with E-state index in [0.29, 0.717) is 28.9 Å². The minimum absolute atomic E-state index is 0.0309. The number of hydrogen-bond donors (Lipinski definition) is 1. The third-order valence-corrected chi connectivity index (χ3v) is 5.61. The van der Waals surface area contributed by atoms with Gasteiger partial charge in [-0.1, -0.05) is 48.0 Å². The van der Waals surface area contributed by atoms with Crippen LogP contribution in [-0.2, 0) is 10.2 Å². The molecule has 1 aliphatic carbocycles. The molecule has 29 heavy (non-hydrogen) atoms. The first kappa shape index (κ1) is 19.4. The van der Waals surface area contributed by atoms with Crippen molar-refractivity contribution >= 4 is 23.2 Å². The summed E-state index contributed by atoms with van der Waals surface area (Å²) in [4.78, 5) is 21.5. The number of aryl methyl sites for hydroxylation is 2. The number of hydrogen-bond acceptors (Lipinski definition) is 4. The van der Waals surface area contributed by atoms with Gasteiger partial charge < -0.3 is 10.1 Å². The van der Waals surface area contributed by atoms with Gasteiger partial charge in [0.05, 0.1) is 24.4 Å². The number of ether oxygens (including phenoxy) is 1. The van der Waals surface area contributed by atoms with E-state index in [4.69, 9.17) is 16.3 Å². The Morgan fingerprint density at radius 3 is 2.72 bits per heavy atom. The molecule has 1 aromatic heterocycles. The molecule has 4 rings (SSSR count). The highest BCUT2D eigenvalue weighted by molar-refractivity contribution is 6.30. The number of rotatable bonds is 6. The van der Waals surface area contributed by atoms with Crippen molar-refractivity contribution in [3.8, 4) is 5.75 Å². The molecular weight excluding hydrogens is 386 g/mol. The topological polar surface area (TPSA) is 64.1 Å². The lowest BCUT2D eigenvalue weighted by atomic mass is 9.93. The second-order valence-corrected chi connectivity index (χ2v) is 7.87.